The summed E-state index contributed by atoms with van der Waals surface area (Å²) >= 11 is 4.98. The van der Waals surface area contributed by atoms with Gasteiger partial charge in [0, 0.05) is 31.2 Å². The minimum Gasteiger partial charge on any atom is -0.388 e. The van der Waals surface area contributed by atoms with Crippen molar-refractivity contribution in [1.82, 2.24) is 19.5 Å². The summed E-state index contributed by atoms with van der Waals surface area (Å²) in [5.41, 5.74) is 7.13. The first kappa shape index (κ1) is 12.0. The number of hydrogen-bond acceptors (Lipinski definition) is 5. The maximum absolute atomic E-state index is 5.65. The minimum atomic E-state index is 0.297. The second kappa shape index (κ2) is 4.58. The third-order valence-corrected chi connectivity index (χ3v) is 3.33. The molecule has 0 amide bonds. The Morgan fingerprint density at radius 3 is 3.00 bits per heavy atom. The summed E-state index contributed by atoms with van der Waals surface area (Å²) in [5, 5.41) is 0. The van der Waals surface area contributed by atoms with Crippen LogP contribution in [0.5, 0.6) is 0 Å². The monoisotopic (exact) mass is 274 g/mol. The van der Waals surface area contributed by atoms with E-state index < -0.39 is 0 Å². The lowest BCUT2D eigenvalue weighted by Crippen LogP contribution is -2.35. The second-order valence-electron chi connectivity index (χ2n) is 4.52. The van der Waals surface area contributed by atoms with Crippen molar-refractivity contribution in [1.29, 1.82) is 0 Å². The van der Waals surface area contributed by atoms with Gasteiger partial charge >= 0.3 is 0 Å². The second-order valence-corrected chi connectivity index (χ2v) is 4.96. The molecule has 0 bridgehead atoms. The van der Waals surface area contributed by atoms with Crippen molar-refractivity contribution in [3.05, 3.63) is 35.7 Å². The number of thiocarbonyl (C=S) groups is 1. The molecule has 98 valence electrons. The molecule has 0 atom stereocenters. The van der Waals surface area contributed by atoms with Gasteiger partial charge < -0.3 is 15.2 Å². The molecule has 3 heterocycles. The third kappa shape index (κ3) is 2.28. The van der Waals surface area contributed by atoms with Crippen molar-refractivity contribution in [2.24, 2.45) is 5.73 Å². The highest BCUT2D eigenvalue weighted by Crippen LogP contribution is 2.17. The van der Waals surface area contributed by atoms with Gasteiger partial charge in [-0.05, 0) is 13.0 Å². The topological polar surface area (TPSA) is 72.9 Å². The molecule has 0 unspecified atom stereocenters. The van der Waals surface area contributed by atoms with Crippen LogP contribution in [0.15, 0.2) is 18.5 Å². The SMILES string of the molecule is Cc1cc(C(N)=S)nc(N2CCn3ccnc3C2)n1. The highest BCUT2D eigenvalue weighted by molar-refractivity contribution is 7.80. The first-order valence-electron chi connectivity index (χ1n) is 6.04. The van der Waals surface area contributed by atoms with Gasteiger partial charge in [0.05, 0.1) is 6.54 Å². The average molecular weight is 274 g/mol. The number of aromatic nitrogens is 4. The quantitative estimate of drug-likeness (QED) is 0.810. The van der Waals surface area contributed by atoms with Gasteiger partial charge in [-0.25, -0.2) is 15.0 Å². The van der Waals surface area contributed by atoms with E-state index in [-0.39, 0.29) is 0 Å². The van der Waals surface area contributed by atoms with Crippen molar-refractivity contribution < 1.29 is 0 Å². The summed E-state index contributed by atoms with van der Waals surface area (Å²) in [6.07, 6.45) is 3.81. The van der Waals surface area contributed by atoms with Crippen LogP contribution in [0.2, 0.25) is 0 Å². The van der Waals surface area contributed by atoms with E-state index in [4.69, 9.17) is 18.0 Å². The molecule has 0 saturated heterocycles. The predicted molar refractivity (Wildman–Crippen MR) is 75.9 cm³/mol. The van der Waals surface area contributed by atoms with Crippen LogP contribution in [0.3, 0.4) is 0 Å². The maximum atomic E-state index is 5.65. The lowest BCUT2D eigenvalue weighted by Gasteiger charge is -2.28. The molecule has 2 N–H and O–H groups in total. The normalized spacial score (nSPS) is 14.3. The van der Waals surface area contributed by atoms with Crippen LogP contribution in [-0.2, 0) is 13.1 Å². The summed E-state index contributed by atoms with van der Waals surface area (Å²) in [5.74, 6) is 1.69. The zero-order valence-corrected chi connectivity index (χ0v) is 11.4. The summed E-state index contributed by atoms with van der Waals surface area (Å²) in [4.78, 5) is 15.6. The Morgan fingerprint density at radius 1 is 1.37 bits per heavy atom. The van der Waals surface area contributed by atoms with Gasteiger partial charge in [-0.2, -0.15) is 0 Å². The van der Waals surface area contributed by atoms with Gasteiger partial charge in [0.1, 0.15) is 16.5 Å². The zero-order chi connectivity index (χ0) is 13.4. The third-order valence-electron chi connectivity index (χ3n) is 3.12. The molecule has 7 heteroatoms. The van der Waals surface area contributed by atoms with Crippen LogP contribution < -0.4 is 10.6 Å². The Labute approximate surface area is 116 Å². The Balaban J connectivity index is 1.93. The standard InChI is InChI=1S/C12H14N6S/c1-8-6-9(11(13)19)16-12(15-8)18-5-4-17-3-2-14-10(17)7-18/h2-3,6H,4-5,7H2,1H3,(H2,13,19). The maximum Gasteiger partial charge on any atom is 0.226 e. The van der Waals surface area contributed by atoms with E-state index >= 15 is 0 Å². The van der Waals surface area contributed by atoms with Crippen LogP contribution in [0.4, 0.5) is 5.95 Å². The minimum absolute atomic E-state index is 0.297. The van der Waals surface area contributed by atoms with Gasteiger partial charge in [0.25, 0.3) is 0 Å². The molecule has 2 aromatic heterocycles. The molecule has 3 rings (SSSR count). The van der Waals surface area contributed by atoms with Gasteiger partial charge in [-0.1, -0.05) is 12.2 Å². The van der Waals surface area contributed by atoms with Gasteiger partial charge in [-0.15, -0.1) is 0 Å². The molecule has 2 aromatic rings. The molecular formula is C12H14N6S. The Kier molecular flexibility index (Phi) is 2.90. The van der Waals surface area contributed by atoms with Crippen LogP contribution in [0.25, 0.3) is 0 Å². The number of nitrogens with zero attached hydrogens (tertiary/aromatic N) is 5. The molecule has 0 spiro atoms. The lowest BCUT2D eigenvalue weighted by atomic mass is 10.3. The van der Waals surface area contributed by atoms with Crippen molar-refractivity contribution in [2.75, 3.05) is 11.4 Å². The van der Waals surface area contributed by atoms with E-state index in [1.165, 1.54) is 0 Å². The van der Waals surface area contributed by atoms with Crippen LogP contribution in [-0.4, -0.2) is 31.1 Å². The van der Waals surface area contributed by atoms with E-state index in [0.717, 1.165) is 24.6 Å². The largest absolute Gasteiger partial charge is 0.388 e. The fraction of sp³-hybridized carbons (Fsp3) is 0.333. The fourth-order valence-electron chi connectivity index (χ4n) is 2.16. The summed E-state index contributed by atoms with van der Waals surface area (Å²) in [6, 6.07) is 1.80. The molecule has 6 nitrogen and oxygen atoms in total. The molecule has 1 aliphatic rings. The summed E-state index contributed by atoms with van der Waals surface area (Å²) < 4.78 is 2.14. The highest BCUT2D eigenvalue weighted by atomic mass is 32.1. The number of hydrogen-bond donors (Lipinski definition) is 1. The van der Waals surface area contributed by atoms with Crippen LogP contribution >= 0.6 is 12.2 Å². The van der Waals surface area contributed by atoms with Gasteiger partial charge in [-0.3, -0.25) is 0 Å². The number of aryl methyl sites for hydroxylation is 1. The van der Waals surface area contributed by atoms with Crippen molar-refractivity contribution in [2.45, 2.75) is 20.0 Å². The number of rotatable bonds is 2. The summed E-state index contributed by atoms with van der Waals surface area (Å²) in [6.45, 7) is 4.35. The Bertz CT molecular complexity index is 635. The zero-order valence-electron chi connectivity index (χ0n) is 10.6. The van der Waals surface area contributed by atoms with Crippen molar-refractivity contribution >= 4 is 23.2 Å². The van der Waals surface area contributed by atoms with E-state index in [2.05, 4.69) is 24.4 Å². The van der Waals surface area contributed by atoms with Crippen LogP contribution in [0.1, 0.15) is 17.2 Å². The number of nitrogens with two attached hydrogens (primary N) is 1. The molecule has 0 radical (unpaired) electrons. The number of imidazole rings is 1. The van der Waals surface area contributed by atoms with Crippen LogP contribution in [0, 0.1) is 6.92 Å². The van der Waals surface area contributed by atoms with Crippen molar-refractivity contribution in [3.8, 4) is 0 Å². The average Bonchev–Trinajstić information content (AvgIpc) is 2.85. The first-order chi connectivity index (χ1) is 9.13. The van der Waals surface area contributed by atoms with E-state index in [1.54, 1.807) is 6.07 Å². The Morgan fingerprint density at radius 2 is 2.21 bits per heavy atom. The molecular weight excluding hydrogens is 260 g/mol. The molecule has 0 aliphatic carbocycles. The first-order valence-corrected chi connectivity index (χ1v) is 6.45. The lowest BCUT2D eigenvalue weighted by molar-refractivity contribution is 0.551. The molecule has 0 saturated carbocycles. The van der Waals surface area contributed by atoms with Gasteiger partial charge in [0.2, 0.25) is 5.95 Å². The van der Waals surface area contributed by atoms with E-state index in [1.807, 2.05) is 19.3 Å². The van der Waals surface area contributed by atoms with Gasteiger partial charge in [0.15, 0.2) is 0 Å². The fourth-order valence-corrected chi connectivity index (χ4v) is 2.27. The highest BCUT2D eigenvalue weighted by Gasteiger charge is 2.19. The molecule has 19 heavy (non-hydrogen) atoms. The molecule has 0 aromatic carbocycles. The number of fused-ring (bicyclic) bond motifs is 1. The summed E-state index contributed by atoms with van der Waals surface area (Å²) in [7, 11) is 0. The smallest absolute Gasteiger partial charge is 0.226 e. The predicted octanol–water partition coefficient (Wildman–Crippen LogP) is 0.636. The molecule has 1 aliphatic heterocycles. The molecule has 0 fully saturated rings. The van der Waals surface area contributed by atoms with E-state index in [9.17, 15) is 0 Å². The number of anilines is 1. The van der Waals surface area contributed by atoms with E-state index in [0.29, 0.717) is 23.2 Å². The van der Waals surface area contributed by atoms with Crippen molar-refractivity contribution in [3.63, 3.8) is 0 Å². The Hall–Kier alpha value is -2.02.